The lowest BCUT2D eigenvalue weighted by Gasteiger charge is -2.21. The van der Waals surface area contributed by atoms with Crippen LogP contribution in [0.15, 0.2) is 5.16 Å². The Morgan fingerprint density at radius 1 is 1.32 bits per heavy atom. The fourth-order valence-electron chi connectivity index (χ4n) is 2.82. The van der Waals surface area contributed by atoms with Crippen molar-refractivity contribution in [2.75, 3.05) is 12.9 Å². The van der Waals surface area contributed by atoms with Crippen molar-refractivity contribution in [3.8, 4) is 0 Å². The van der Waals surface area contributed by atoms with Gasteiger partial charge in [0.05, 0.1) is 12.9 Å². The molecule has 0 radical (unpaired) electrons. The lowest BCUT2D eigenvalue weighted by Crippen LogP contribution is -2.46. The molecule has 0 aromatic carbocycles. The molecule has 2 aliphatic carbocycles. The summed E-state index contributed by atoms with van der Waals surface area (Å²) in [5.41, 5.74) is 0. The van der Waals surface area contributed by atoms with Gasteiger partial charge in [0.1, 0.15) is 11.9 Å². The van der Waals surface area contributed by atoms with Crippen molar-refractivity contribution in [1.82, 2.24) is 20.1 Å². The molecule has 3 rings (SSSR count). The molecule has 0 bridgehead atoms. The Morgan fingerprint density at radius 2 is 2.04 bits per heavy atom. The van der Waals surface area contributed by atoms with Gasteiger partial charge in [0.15, 0.2) is 5.16 Å². The number of nitrogens with one attached hydrogen (secondary N) is 1. The highest BCUT2D eigenvalue weighted by Gasteiger charge is 2.36. The molecule has 7 nitrogen and oxygen atoms in total. The second-order valence-electron chi connectivity index (χ2n) is 6.96. The molecule has 0 spiro atoms. The summed E-state index contributed by atoms with van der Waals surface area (Å²) in [6, 6.07) is -0.106. The summed E-state index contributed by atoms with van der Waals surface area (Å²) < 4.78 is 7.03. The predicted octanol–water partition coefficient (Wildman–Crippen LogP) is 2.29. The first-order chi connectivity index (χ1) is 12.0. The van der Waals surface area contributed by atoms with E-state index in [1.54, 1.807) is 0 Å². The first-order valence-corrected chi connectivity index (χ1v) is 9.98. The van der Waals surface area contributed by atoms with Gasteiger partial charge in [0.2, 0.25) is 5.91 Å². The Hall–Kier alpha value is -1.57. The average molecular weight is 366 g/mol. The third-order valence-corrected chi connectivity index (χ3v) is 5.81. The summed E-state index contributed by atoms with van der Waals surface area (Å²) in [7, 11) is 1.34. The van der Waals surface area contributed by atoms with Crippen LogP contribution >= 0.6 is 11.8 Å². The topological polar surface area (TPSA) is 86.1 Å². The van der Waals surface area contributed by atoms with Crippen molar-refractivity contribution in [3.63, 3.8) is 0 Å². The minimum Gasteiger partial charge on any atom is -0.467 e. The molecule has 1 N–H and O–H groups in total. The second kappa shape index (κ2) is 7.76. The molecular formula is C17H26N4O3S. The SMILES string of the molecule is CC[C@@H](C)[C@H](NC(=O)CSc1nnc(C2CC2)n1C1CC1)C(=O)OC. The average Bonchev–Trinajstić information content (AvgIpc) is 3.55. The second-order valence-corrected chi connectivity index (χ2v) is 7.90. The van der Waals surface area contributed by atoms with Crippen molar-refractivity contribution < 1.29 is 14.3 Å². The normalized spacial score (nSPS) is 19.3. The number of hydrogen-bond donors (Lipinski definition) is 1. The number of methoxy groups -OCH3 is 1. The maximum Gasteiger partial charge on any atom is 0.328 e. The van der Waals surface area contributed by atoms with Crippen LogP contribution in [0, 0.1) is 5.92 Å². The molecule has 2 atom stereocenters. The lowest BCUT2D eigenvalue weighted by molar-refractivity contribution is -0.146. The van der Waals surface area contributed by atoms with E-state index in [1.165, 1.54) is 31.7 Å². The van der Waals surface area contributed by atoms with Crippen molar-refractivity contribution >= 4 is 23.6 Å². The number of esters is 1. The fraction of sp³-hybridized carbons (Fsp3) is 0.765. The van der Waals surface area contributed by atoms with E-state index in [9.17, 15) is 9.59 Å². The van der Waals surface area contributed by atoms with Gasteiger partial charge in [-0.1, -0.05) is 32.0 Å². The summed E-state index contributed by atoms with van der Waals surface area (Å²) in [6.07, 6.45) is 5.48. The van der Waals surface area contributed by atoms with Crippen LogP contribution in [0.4, 0.5) is 0 Å². The summed E-state index contributed by atoms with van der Waals surface area (Å²) in [4.78, 5) is 24.2. The van der Waals surface area contributed by atoms with Crippen LogP contribution < -0.4 is 5.32 Å². The summed E-state index contributed by atoms with van der Waals surface area (Å²) in [6.45, 7) is 3.92. The summed E-state index contributed by atoms with van der Waals surface area (Å²) in [5.74, 6) is 1.30. The van der Waals surface area contributed by atoms with Gasteiger partial charge in [0, 0.05) is 12.0 Å². The van der Waals surface area contributed by atoms with Crippen LogP contribution in [0.5, 0.6) is 0 Å². The van der Waals surface area contributed by atoms with Crippen molar-refractivity contribution in [2.24, 2.45) is 5.92 Å². The molecule has 2 saturated carbocycles. The zero-order chi connectivity index (χ0) is 18.0. The highest BCUT2D eigenvalue weighted by molar-refractivity contribution is 7.99. The first kappa shape index (κ1) is 18.2. The maximum absolute atomic E-state index is 12.3. The molecule has 0 aliphatic heterocycles. The number of carbonyl (C=O) groups excluding carboxylic acids is 2. The zero-order valence-electron chi connectivity index (χ0n) is 15.0. The maximum atomic E-state index is 12.3. The smallest absolute Gasteiger partial charge is 0.328 e. The van der Waals surface area contributed by atoms with Gasteiger partial charge in [-0.3, -0.25) is 4.79 Å². The van der Waals surface area contributed by atoms with Gasteiger partial charge in [0.25, 0.3) is 0 Å². The van der Waals surface area contributed by atoms with Crippen LogP contribution in [0.1, 0.15) is 63.7 Å². The Kier molecular flexibility index (Phi) is 5.66. The van der Waals surface area contributed by atoms with Gasteiger partial charge >= 0.3 is 5.97 Å². The van der Waals surface area contributed by atoms with Crippen molar-refractivity contribution in [1.29, 1.82) is 0 Å². The van der Waals surface area contributed by atoms with E-state index in [0.29, 0.717) is 12.0 Å². The number of aromatic nitrogens is 3. The zero-order valence-corrected chi connectivity index (χ0v) is 15.8. The fourth-order valence-corrected chi connectivity index (χ4v) is 3.65. The Bertz CT molecular complexity index is 640. The summed E-state index contributed by atoms with van der Waals surface area (Å²) in [5, 5.41) is 12.3. The quantitative estimate of drug-likeness (QED) is 0.533. The first-order valence-electron chi connectivity index (χ1n) is 8.99. The highest BCUT2D eigenvalue weighted by atomic mass is 32.2. The molecule has 0 saturated heterocycles. The standard InChI is InChI=1S/C17H26N4O3S/c1-4-10(2)14(16(23)24-3)18-13(22)9-25-17-20-19-15(11-5-6-11)21(17)12-7-8-12/h10-12,14H,4-9H2,1-3H3,(H,18,22)/t10-,14+/m1/s1. The molecule has 1 aromatic heterocycles. The van der Waals surface area contributed by atoms with Gasteiger partial charge < -0.3 is 14.6 Å². The molecule has 2 fully saturated rings. The number of thioether (sulfide) groups is 1. The molecular weight excluding hydrogens is 340 g/mol. The molecule has 1 heterocycles. The Labute approximate surface area is 152 Å². The van der Waals surface area contributed by atoms with Gasteiger partial charge in [-0.05, 0) is 31.6 Å². The van der Waals surface area contributed by atoms with E-state index in [0.717, 1.165) is 30.2 Å². The molecule has 138 valence electrons. The molecule has 25 heavy (non-hydrogen) atoms. The minimum atomic E-state index is -0.605. The molecule has 2 aliphatic rings. The van der Waals surface area contributed by atoms with Crippen LogP contribution in [0.2, 0.25) is 0 Å². The minimum absolute atomic E-state index is 0.0259. The number of rotatable bonds is 9. The molecule has 1 aromatic rings. The van der Waals surface area contributed by atoms with Crippen LogP contribution in [0.3, 0.4) is 0 Å². The van der Waals surface area contributed by atoms with Crippen LogP contribution in [-0.4, -0.2) is 45.5 Å². The number of nitrogens with zero attached hydrogens (tertiary/aromatic N) is 3. The third-order valence-electron chi connectivity index (χ3n) is 4.86. The van der Waals surface area contributed by atoms with E-state index >= 15 is 0 Å². The number of hydrogen-bond acceptors (Lipinski definition) is 6. The van der Waals surface area contributed by atoms with Gasteiger partial charge in [-0.2, -0.15) is 0 Å². The summed E-state index contributed by atoms with van der Waals surface area (Å²) >= 11 is 1.40. The predicted molar refractivity (Wildman–Crippen MR) is 94.4 cm³/mol. The van der Waals surface area contributed by atoms with E-state index in [-0.39, 0.29) is 17.6 Å². The Balaban J connectivity index is 1.59. The van der Waals surface area contributed by atoms with E-state index in [1.807, 2.05) is 13.8 Å². The largest absolute Gasteiger partial charge is 0.467 e. The van der Waals surface area contributed by atoms with Crippen LogP contribution in [0.25, 0.3) is 0 Å². The van der Waals surface area contributed by atoms with E-state index < -0.39 is 12.0 Å². The van der Waals surface area contributed by atoms with E-state index in [2.05, 4.69) is 20.1 Å². The van der Waals surface area contributed by atoms with Gasteiger partial charge in [-0.15, -0.1) is 10.2 Å². The number of ether oxygens (including phenoxy) is 1. The van der Waals surface area contributed by atoms with Crippen LogP contribution in [-0.2, 0) is 14.3 Å². The number of carbonyl (C=O) groups is 2. The molecule has 1 amide bonds. The van der Waals surface area contributed by atoms with Crippen molar-refractivity contribution in [3.05, 3.63) is 5.82 Å². The molecule has 0 unspecified atom stereocenters. The van der Waals surface area contributed by atoms with Gasteiger partial charge in [-0.25, -0.2) is 4.79 Å². The lowest BCUT2D eigenvalue weighted by atomic mass is 9.99. The highest BCUT2D eigenvalue weighted by Crippen LogP contribution is 2.45. The molecule has 8 heteroatoms. The van der Waals surface area contributed by atoms with E-state index in [4.69, 9.17) is 4.74 Å². The monoisotopic (exact) mass is 366 g/mol. The number of amides is 1. The third kappa shape index (κ3) is 4.34. The Morgan fingerprint density at radius 3 is 2.60 bits per heavy atom. The van der Waals surface area contributed by atoms with Crippen molar-refractivity contribution in [2.45, 2.75) is 69.1 Å².